The summed E-state index contributed by atoms with van der Waals surface area (Å²) in [5, 5.41) is 29.7. The number of halogens is 1. The second-order valence-corrected chi connectivity index (χ2v) is 11.3. The molecule has 14 heteroatoms. The molecule has 0 radical (unpaired) electrons. The first-order chi connectivity index (χ1) is 24.3. The maximum atomic E-state index is 12.0. The fourth-order valence-electron chi connectivity index (χ4n) is 4.88. The Morgan fingerprint density at radius 2 is 1.42 bits per heavy atom. The van der Waals surface area contributed by atoms with Crippen molar-refractivity contribution in [3.63, 3.8) is 0 Å². The number of phenolic OH excluding ortho intramolecular Hbond substituents is 1. The van der Waals surface area contributed by atoms with Gasteiger partial charge >= 0.3 is 0 Å². The highest BCUT2D eigenvalue weighted by atomic mass is 35.5. The summed E-state index contributed by atoms with van der Waals surface area (Å²) in [5.74, 6) is 0.671. The van der Waals surface area contributed by atoms with Gasteiger partial charge in [-0.1, -0.05) is 35.9 Å². The Bertz CT molecular complexity index is 1590. The molecule has 3 aromatic rings. The van der Waals surface area contributed by atoms with Gasteiger partial charge in [-0.15, -0.1) is 0 Å². The second-order valence-electron chi connectivity index (χ2n) is 10.9. The molecule has 0 spiro atoms. The third-order valence-electron chi connectivity index (χ3n) is 7.24. The van der Waals surface area contributed by atoms with Gasteiger partial charge in [0.15, 0.2) is 0 Å². The van der Waals surface area contributed by atoms with Crippen LogP contribution in [0.25, 0.3) is 0 Å². The number of amidine groups is 2. The molecule has 1 heterocycles. The Kier molecular flexibility index (Phi) is 16.1. The van der Waals surface area contributed by atoms with Crippen molar-refractivity contribution >= 4 is 40.6 Å². The van der Waals surface area contributed by atoms with Crippen molar-refractivity contribution in [1.29, 1.82) is 10.8 Å². The van der Waals surface area contributed by atoms with Crippen LogP contribution < -0.4 is 15.0 Å². The molecule has 4 rings (SSSR count). The van der Waals surface area contributed by atoms with Gasteiger partial charge in [0.05, 0.1) is 89.6 Å². The summed E-state index contributed by atoms with van der Waals surface area (Å²) >= 11 is 6.11. The molecular weight excluding hydrogens is 666 g/mol. The number of carbonyl (C=O) groups is 1. The summed E-state index contributed by atoms with van der Waals surface area (Å²) in [7, 11) is 0. The van der Waals surface area contributed by atoms with Crippen LogP contribution in [0.3, 0.4) is 0 Å². The van der Waals surface area contributed by atoms with Crippen LogP contribution >= 0.6 is 11.6 Å². The molecule has 50 heavy (non-hydrogen) atoms. The molecule has 0 fully saturated rings. The Morgan fingerprint density at radius 3 is 2.02 bits per heavy atom. The third kappa shape index (κ3) is 12.2. The first kappa shape index (κ1) is 38.4. The van der Waals surface area contributed by atoms with Gasteiger partial charge in [-0.05, 0) is 49.4 Å². The van der Waals surface area contributed by atoms with E-state index in [1.165, 1.54) is 6.07 Å². The number of aromatic hydroxyl groups is 1. The van der Waals surface area contributed by atoms with Gasteiger partial charge in [-0.2, -0.15) is 0 Å². The topological polar surface area (TPSA) is 168 Å². The largest absolute Gasteiger partial charge is 0.507 e. The number of para-hydroxylation sites is 1. The van der Waals surface area contributed by atoms with Crippen LogP contribution in [0.15, 0.2) is 71.7 Å². The van der Waals surface area contributed by atoms with E-state index >= 15 is 0 Å². The minimum Gasteiger partial charge on any atom is -0.507 e. The molecule has 0 atom stereocenters. The molecule has 1 aliphatic heterocycles. The van der Waals surface area contributed by atoms with Crippen molar-refractivity contribution in [2.45, 2.75) is 6.92 Å². The van der Waals surface area contributed by atoms with E-state index in [4.69, 9.17) is 55.8 Å². The molecule has 1 aliphatic rings. The first-order valence-corrected chi connectivity index (χ1v) is 16.7. The van der Waals surface area contributed by atoms with Crippen LogP contribution in [0.1, 0.15) is 28.4 Å². The number of nitrogens with zero attached hydrogens (tertiary/aromatic N) is 2. The Morgan fingerprint density at radius 1 is 0.840 bits per heavy atom. The van der Waals surface area contributed by atoms with Crippen LogP contribution in [-0.4, -0.2) is 114 Å². The molecule has 3 aromatic carbocycles. The number of ether oxygens (including phenoxy) is 6. The summed E-state index contributed by atoms with van der Waals surface area (Å²) < 4.78 is 33.6. The van der Waals surface area contributed by atoms with Crippen LogP contribution in [0.5, 0.6) is 11.5 Å². The lowest BCUT2D eigenvalue weighted by molar-refractivity contribution is -0.0124. The predicted molar refractivity (Wildman–Crippen MR) is 192 cm³/mol. The number of phenols is 1. The van der Waals surface area contributed by atoms with E-state index < -0.39 is 0 Å². The Labute approximate surface area is 297 Å². The van der Waals surface area contributed by atoms with E-state index in [-0.39, 0.29) is 35.4 Å². The summed E-state index contributed by atoms with van der Waals surface area (Å²) in [6, 6.07) is 19.3. The van der Waals surface area contributed by atoms with Gasteiger partial charge < -0.3 is 38.8 Å². The van der Waals surface area contributed by atoms with Crippen molar-refractivity contribution in [2.24, 2.45) is 4.99 Å². The lowest BCUT2D eigenvalue weighted by atomic mass is 9.99. The standard InChI is InChI=1S/C36H44ClN5O8/c1-26(38)42-32-11-10-29(24-31(32)35(41-25-34(42)39)27-6-8-28(37)9-7-27)50-23-22-49-21-20-48-19-18-47-17-16-46-15-14-45-13-12-40-36(44)30-4-2-3-5-33(30)43/h2-11,24,38-39,43H,12-23,25H2,1H3,(H,40,44). The van der Waals surface area contributed by atoms with Gasteiger partial charge in [-0.25, -0.2) is 0 Å². The molecule has 4 N–H and O–H groups in total. The normalized spacial score (nSPS) is 12.6. The second kappa shape index (κ2) is 21.0. The number of hydrogen-bond donors (Lipinski definition) is 4. The van der Waals surface area contributed by atoms with Crippen molar-refractivity contribution < 1.29 is 38.3 Å². The van der Waals surface area contributed by atoms with Gasteiger partial charge in [0.2, 0.25) is 0 Å². The van der Waals surface area contributed by atoms with Crippen molar-refractivity contribution in [3.05, 3.63) is 88.4 Å². The molecule has 0 aliphatic carbocycles. The van der Waals surface area contributed by atoms with Gasteiger partial charge in [0.25, 0.3) is 5.91 Å². The van der Waals surface area contributed by atoms with Crippen molar-refractivity contribution in [1.82, 2.24) is 5.32 Å². The number of benzodiazepines with no additional fused rings is 1. The number of amides is 1. The van der Waals surface area contributed by atoms with E-state index in [0.29, 0.717) is 101 Å². The Balaban J connectivity index is 1.01. The first-order valence-electron chi connectivity index (χ1n) is 16.3. The molecule has 0 saturated heterocycles. The lowest BCUT2D eigenvalue weighted by Crippen LogP contribution is -2.35. The van der Waals surface area contributed by atoms with E-state index in [0.717, 1.165) is 11.1 Å². The van der Waals surface area contributed by atoms with Crippen LogP contribution in [0.4, 0.5) is 5.69 Å². The summed E-state index contributed by atoms with van der Waals surface area (Å²) in [6.07, 6.45) is 0. The average Bonchev–Trinajstić information content (AvgIpc) is 3.25. The zero-order valence-electron chi connectivity index (χ0n) is 28.1. The van der Waals surface area contributed by atoms with Crippen LogP contribution in [-0.2, 0) is 23.7 Å². The van der Waals surface area contributed by atoms with Gasteiger partial charge in [0, 0.05) is 22.7 Å². The predicted octanol–water partition coefficient (Wildman–Crippen LogP) is 4.57. The van der Waals surface area contributed by atoms with Gasteiger partial charge in [0.1, 0.15) is 29.8 Å². The maximum absolute atomic E-state index is 12.0. The Hall–Kier alpha value is -4.37. The quantitative estimate of drug-likeness (QED) is 0.0704. The van der Waals surface area contributed by atoms with E-state index in [1.807, 2.05) is 30.3 Å². The molecule has 0 aromatic heterocycles. The zero-order valence-corrected chi connectivity index (χ0v) is 28.9. The lowest BCUT2D eigenvalue weighted by Gasteiger charge is -2.24. The number of hydrogen-bond acceptors (Lipinski definition) is 11. The van der Waals surface area contributed by atoms with Crippen molar-refractivity contribution in [2.75, 3.05) is 90.7 Å². The molecular formula is C36H44ClN5O8. The average molecular weight is 710 g/mol. The summed E-state index contributed by atoms with van der Waals surface area (Å²) in [4.78, 5) is 18.3. The number of benzene rings is 3. The monoisotopic (exact) mass is 709 g/mol. The SMILES string of the molecule is CC(=N)N1C(=N)CN=C(c2ccc(Cl)cc2)c2cc(OCCOCCOCCOCCOCCOCCNC(=O)c3ccccc3O)ccc21. The van der Waals surface area contributed by atoms with E-state index in [1.54, 1.807) is 42.2 Å². The smallest absolute Gasteiger partial charge is 0.255 e. The molecule has 0 saturated carbocycles. The molecule has 0 unspecified atom stereocenters. The third-order valence-corrected chi connectivity index (χ3v) is 7.49. The summed E-state index contributed by atoms with van der Waals surface area (Å²) in [6.45, 7) is 6.55. The number of rotatable bonds is 21. The number of carbonyl (C=O) groups excluding carboxylic acids is 1. The zero-order chi connectivity index (χ0) is 35.6. The number of aliphatic imine (C=N–C) groups is 1. The maximum Gasteiger partial charge on any atom is 0.255 e. The van der Waals surface area contributed by atoms with Crippen molar-refractivity contribution in [3.8, 4) is 11.5 Å². The highest BCUT2D eigenvalue weighted by Crippen LogP contribution is 2.31. The molecule has 13 nitrogen and oxygen atoms in total. The van der Waals surface area contributed by atoms with E-state index in [2.05, 4.69) is 5.32 Å². The number of fused-ring (bicyclic) bond motifs is 1. The minimum absolute atomic E-state index is 0.0573. The van der Waals surface area contributed by atoms with Crippen LogP contribution in [0.2, 0.25) is 5.02 Å². The molecule has 1 amide bonds. The molecule has 0 bridgehead atoms. The summed E-state index contributed by atoms with van der Waals surface area (Å²) in [5.41, 5.74) is 3.25. The van der Waals surface area contributed by atoms with E-state index in [9.17, 15) is 9.90 Å². The highest BCUT2D eigenvalue weighted by Gasteiger charge is 2.25. The number of nitrogens with one attached hydrogen (secondary N) is 3. The highest BCUT2D eigenvalue weighted by molar-refractivity contribution is 6.31. The fourth-order valence-corrected chi connectivity index (χ4v) is 5.01. The minimum atomic E-state index is -0.349. The number of anilines is 1. The molecule has 268 valence electrons. The fraction of sp³-hybridized carbons (Fsp3) is 0.389. The van der Waals surface area contributed by atoms with Crippen LogP contribution in [0, 0.1) is 10.8 Å². The van der Waals surface area contributed by atoms with Gasteiger partial charge in [-0.3, -0.25) is 25.5 Å².